The van der Waals surface area contributed by atoms with Crippen molar-refractivity contribution < 1.29 is 19.1 Å². The van der Waals surface area contributed by atoms with E-state index in [0.717, 1.165) is 35.7 Å². The van der Waals surface area contributed by atoms with Crippen LogP contribution in [-0.2, 0) is 17.9 Å². The Hall–Kier alpha value is -4.95. The first-order chi connectivity index (χ1) is 21.7. The van der Waals surface area contributed by atoms with Gasteiger partial charge in [0.1, 0.15) is 16.5 Å². The lowest BCUT2D eigenvalue weighted by Crippen LogP contribution is -2.27. The summed E-state index contributed by atoms with van der Waals surface area (Å²) in [7, 11) is 8.74. The second-order valence-corrected chi connectivity index (χ2v) is 11.9. The maximum Gasteiger partial charge on any atom is 0.273 e. The van der Waals surface area contributed by atoms with Gasteiger partial charge in [0, 0.05) is 55.3 Å². The van der Waals surface area contributed by atoms with Crippen LogP contribution in [0.2, 0.25) is 0 Å². The number of hydrogen-bond acceptors (Lipinski definition) is 11. The van der Waals surface area contributed by atoms with E-state index in [-0.39, 0.29) is 29.2 Å². The molecule has 0 aliphatic heterocycles. The van der Waals surface area contributed by atoms with Crippen LogP contribution in [0.5, 0.6) is 5.75 Å². The SMILES string of the molecule is CNC(=O)c1nnc(NC(=O)C2CC2)cc1Nc1cccc(-c2ccc(C(=O)N(C)Cc3nc(CN(C)C)cs3)nc2)c1OC. The average Bonchev–Trinajstić information content (AvgIpc) is 3.81. The molecule has 3 heterocycles. The van der Waals surface area contributed by atoms with Crippen LogP contribution in [0.25, 0.3) is 11.1 Å². The average molecular weight is 630 g/mol. The van der Waals surface area contributed by atoms with Gasteiger partial charge in [-0.2, -0.15) is 0 Å². The summed E-state index contributed by atoms with van der Waals surface area (Å²) in [6.45, 7) is 1.13. The molecule has 0 bridgehead atoms. The quantitative estimate of drug-likeness (QED) is 0.211. The fraction of sp³-hybridized carbons (Fsp3) is 0.323. The predicted octanol–water partition coefficient (Wildman–Crippen LogP) is 3.79. The summed E-state index contributed by atoms with van der Waals surface area (Å²) in [6, 6.07) is 10.5. The first-order valence-corrected chi connectivity index (χ1v) is 15.2. The van der Waals surface area contributed by atoms with Crippen LogP contribution in [0.4, 0.5) is 17.2 Å². The van der Waals surface area contributed by atoms with Crippen molar-refractivity contribution in [3.05, 3.63) is 70.1 Å². The number of amides is 3. The number of nitrogens with zero attached hydrogens (tertiary/aromatic N) is 6. The smallest absolute Gasteiger partial charge is 0.273 e. The van der Waals surface area contributed by atoms with Gasteiger partial charge in [0.2, 0.25) is 5.91 Å². The molecule has 0 saturated heterocycles. The molecule has 13 nitrogen and oxygen atoms in total. The fourth-order valence-corrected chi connectivity index (χ4v) is 5.44. The number of pyridine rings is 1. The van der Waals surface area contributed by atoms with Gasteiger partial charge in [-0.3, -0.25) is 19.4 Å². The van der Waals surface area contributed by atoms with Crippen LogP contribution in [0.15, 0.2) is 48.0 Å². The van der Waals surface area contributed by atoms with Gasteiger partial charge in [-0.05, 0) is 39.1 Å². The zero-order valence-corrected chi connectivity index (χ0v) is 26.6. The number of para-hydroxylation sites is 1. The summed E-state index contributed by atoms with van der Waals surface area (Å²) in [4.78, 5) is 50.7. The molecular weight excluding hydrogens is 594 g/mol. The van der Waals surface area contributed by atoms with Crippen molar-refractivity contribution in [2.24, 2.45) is 5.92 Å². The third-order valence-corrected chi connectivity index (χ3v) is 7.90. The normalized spacial score (nSPS) is 12.5. The van der Waals surface area contributed by atoms with Crippen LogP contribution in [-0.4, -0.2) is 83.0 Å². The zero-order chi connectivity index (χ0) is 32.1. The van der Waals surface area contributed by atoms with E-state index in [1.54, 1.807) is 43.5 Å². The predicted molar refractivity (Wildman–Crippen MR) is 172 cm³/mol. The number of hydrogen-bond donors (Lipinski definition) is 3. The molecule has 5 rings (SSSR count). The molecule has 0 unspecified atom stereocenters. The lowest BCUT2D eigenvalue weighted by atomic mass is 10.0. The third-order valence-electron chi connectivity index (χ3n) is 7.01. The summed E-state index contributed by atoms with van der Waals surface area (Å²) in [5, 5.41) is 19.5. The van der Waals surface area contributed by atoms with Gasteiger partial charge in [-0.25, -0.2) is 4.98 Å². The Morgan fingerprint density at radius 2 is 1.84 bits per heavy atom. The van der Waals surface area contributed by atoms with Crippen molar-refractivity contribution in [2.45, 2.75) is 25.9 Å². The van der Waals surface area contributed by atoms with Crippen molar-refractivity contribution in [3.8, 4) is 16.9 Å². The largest absolute Gasteiger partial charge is 0.494 e. The number of rotatable bonds is 12. The van der Waals surface area contributed by atoms with Gasteiger partial charge in [0.15, 0.2) is 11.5 Å². The Kier molecular flexibility index (Phi) is 9.64. The Morgan fingerprint density at radius 3 is 2.51 bits per heavy atom. The van der Waals surface area contributed by atoms with E-state index in [1.165, 1.54) is 18.4 Å². The van der Waals surface area contributed by atoms with Crippen LogP contribution in [0, 0.1) is 5.92 Å². The first-order valence-electron chi connectivity index (χ1n) is 14.3. The number of thiazole rings is 1. The molecule has 234 valence electrons. The molecule has 4 aromatic rings. The van der Waals surface area contributed by atoms with Crippen molar-refractivity contribution in [1.82, 2.24) is 35.3 Å². The molecule has 0 atom stereocenters. The summed E-state index contributed by atoms with van der Waals surface area (Å²) in [6.07, 6.45) is 3.31. The van der Waals surface area contributed by atoms with Gasteiger partial charge in [-0.15, -0.1) is 21.5 Å². The van der Waals surface area contributed by atoms with Gasteiger partial charge < -0.3 is 30.5 Å². The molecule has 1 saturated carbocycles. The van der Waals surface area contributed by atoms with Crippen LogP contribution < -0.4 is 20.7 Å². The number of carbonyl (C=O) groups excluding carboxylic acids is 3. The monoisotopic (exact) mass is 629 g/mol. The molecular formula is C31H35N9O4S. The molecule has 1 aromatic carbocycles. The second-order valence-electron chi connectivity index (χ2n) is 10.9. The first kappa shape index (κ1) is 31.5. The number of ether oxygens (including phenoxy) is 1. The molecule has 14 heteroatoms. The number of anilines is 3. The van der Waals surface area contributed by atoms with E-state index < -0.39 is 5.91 Å². The highest BCUT2D eigenvalue weighted by Crippen LogP contribution is 2.38. The van der Waals surface area contributed by atoms with E-state index >= 15 is 0 Å². The molecule has 45 heavy (non-hydrogen) atoms. The minimum Gasteiger partial charge on any atom is -0.494 e. The molecule has 3 aromatic heterocycles. The maximum atomic E-state index is 13.1. The van der Waals surface area contributed by atoms with Crippen molar-refractivity contribution in [3.63, 3.8) is 0 Å². The maximum absolute atomic E-state index is 13.1. The third kappa shape index (κ3) is 7.59. The minimum absolute atomic E-state index is 0.0198. The number of nitrogens with one attached hydrogen (secondary N) is 3. The van der Waals surface area contributed by atoms with Crippen molar-refractivity contribution in [2.75, 3.05) is 45.9 Å². The summed E-state index contributed by atoms with van der Waals surface area (Å²) >= 11 is 1.53. The highest BCUT2D eigenvalue weighted by atomic mass is 32.1. The van der Waals surface area contributed by atoms with Gasteiger partial charge >= 0.3 is 0 Å². The summed E-state index contributed by atoms with van der Waals surface area (Å²) < 4.78 is 5.79. The molecule has 3 N–H and O–H groups in total. The molecule has 0 spiro atoms. The van der Waals surface area contributed by atoms with E-state index in [4.69, 9.17) is 4.74 Å². The van der Waals surface area contributed by atoms with Crippen LogP contribution in [0.1, 0.15) is 44.5 Å². The van der Waals surface area contributed by atoms with E-state index in [9.17, 15) is 14.4 Å². The number of aromatic nitrogens is 4. The van der Waals surface area contributed by atoms with Gasteiger partial charge in [0.25, 0.3) is 11.8 Å². The van der Waals surface area contributed by atoms with Crippen molar-refractivity contribution in [1.29, 1.82) is 0 Å². The summed E-state index contributed by atoms with van der Waals surface area (Å²) in [5.41, 5.74) is 3.64. The van der Waals surface area contributed by atoms with Gasteiger partial charge in [-0.1, -0.05) is 18.2 Å². The van der Waals surface area contributed by atoms with Crippen LogP contribution >= 0.6 is 11.3 Å². The van der Waals surface area contributed by atoms with E-state index in [0.29, 0.717) is 34.9 Å². The highest BCUT2D eigenvalue weighted by Gasteiger charge is 2.30. The highest BCUT2D eigenvalue weighted by molar-refractivity contribution is 7.09. The minimum atomic E-state index is -0.446. The molecule has 1 aliphatic carbocycles. The number of methoxy groups -OCH3 is 1. The van der Waals surface area contributed by atoms with E-state index in [1.807, 2.05) is 42.6 Å². The number of benzene rings is 1. The molecule has 0 radical (unpaired) electrons. The molecule has 3 amide bonds. The zero-order valence-electron chi connectivity index (χ0n) is 25.7. The van der Waals surface area contributed by atoms with E-state index in [2.05, 4.69) is 36.1 Å². The lowest BCUT2D eigenvalue weighted by Gasteiger charge is -2.18. The fourth-order valence-electron chi connectivity index (χ4n) is 4.60. The Balaban J connectivity index is 1.35. The topological polar surface area (TPSA) is 155 Å². The second kappa shape index (κ2) is 13.8. The Labute approximate surface area is 265 Å². The molecule has 1 aliphatic rings. The van der Waals surface area contributed by atoms with Crippen LogP contribution in [0.3, 0.4) is 0 Å². The Morgan fingerprint density at radius 1 is 1.04 bits per heavy atom. The number of carbonyl (C=O) groups is 3. The summed E-state index contributed by atoms with van der Waals surface area (Å²) in [5.74, 6) is -0.0937. The standard InChI is InChI=1S/C31H35N9O4S/c1-32-30(42)27-24(13-25(37-38-27)36-29(41)18-9-10-18)35-22-8-6-7-21(28(22)44-5)19-11-12-23(33-14-19)31(43)40(4)16-26-34-20(17-45-26)15-39(2)3/h6-8,11-14,17-18H,9-10,15-16H2,1-5H3,(H,32,42)(H2,35,36,37,41). The lowest BCUT2D eigenvalue weighted by molar-refractivity contribution is -0.117. The molecule has 1 fully saturated rings. The van der Waals surface area contributed by atoms with Crippen molar-refractivity contribution >= 4 is 46.3 Å². The Bertz CT molecular complexity index is 1700. The van der Waals surface area contributed by atoms with Gasteiger partial charge in [0.05, 0.1) is 30.7 Å².